The Morgan fingerprint density at radius 1 is 1.15 bits per heavy atom. The third-order valence-corrected chi connectivity index (χ3v) is 6.05. The van der Waals surface area contributed by atoms with Crippen LogP contribution in [-0.4, -0.2) is 36.5 Å². The molecule has 0 aromatic heterocycles. The molecule has 3 aliphatic rings. The van der Waals surface area contributed by atoms with E-state index in [1.807, 2.05) is 0 Å². The minimum Gasteiger partial charge on any atom is -0.462 e. The maximum Gasteiger partial charge on any atom is 0.310 e. The van der Waals surface area contributed by atoms with Crippen LogP contribution in [0.2, 0.25) is 0 Å². The predicted octanol–water partition coefficient (Wildman–Crippen LogP) is 0.951. The average Bonchev–Trinajstić information content (AvgIpc) is 3.27. The molecule has 2 bridgehead atoms. The van der Waals surface area contributed by atoms with E-state index in [9.17, 15) is 19.2 Å². The number of rotatable bonds is 4. The summed E-state index contributed by atoms with van der Waals surface area (Å²) >= 11 is 3.27. The molecule has 1 saturated heterocycles. The topological polar surface area (TPSA) is 111 Å². The molecular formula is C18H17BrN2O6. The SMILES string of the molecule is O=C(COC(=O)[C@@H]1[C@@H]2C[C@@H]3[C@H]1C(=O)O[C@@H]3C2)NNC(=O)c1ccc(Br)cc1. The lowest BCUT2D eigenvalue weighted by molar-refractivity contribution is -0.158. The van der Waals surface area contributed by atoms with Crippen LogP contribution in [-0.2, 0) is 23.9 Å². The minimum atomic E-state index is -0.663. The van der Waals surface area contributed by atoms with Crippen LogP contribution in [0.1, 0.15) is 23.2 Å². The second kappa shape index (κ2) is 6.95. The maximum absolute atomic E-state index is 12.4. The summed E-state index contributed by atoms with van der Waals surface area (Å²) in [6.45, 7) is -0.529. The molecule has 0 radical (unpaired) electrons. The van der Waals surface area contributed by atoms with Gasteiger partial charge >= 0.3 is 11.9 Å². The molecule has 142 valence electrons. The molecule has 27 heavy (non-hydrogen) atoms. The van der Waals surface area contributed by atoms with Crippen LogP contribution >= 0.6 is 15.9 Å². The molecule has 2 saturated carbocycles. The molecular weight excluding hydrogens is 420 g/mol. The number of esters is 2. The molecule has 0 spiro atoms. The van der Waals surface area contributed by atoms with Crippen molar-refractivity contribution >= 4 is 39.7 Å². The Morgan fingerprint density at radius 2 is 1.89 bits per heavy atom. The van der Waals surface area contributed by atoms with Gasteiger partial charge < -0.3 is 9.47 Å². The number of carbonyl (C=O) groups is 4. The van der Waals surface area contributed by atoms with Crippen LogP contribution < -0.4 is 10.9 Å². The van der Waals surface area contributed by atoms with Gasteiger partial charge in [0.05, 0.1) is 11.8 Å². The fourth-order valence-corrected chi connectivity index (χ4v) is 4.66. The van der Waals surface area contributed by atoms with Crippen LogP contribution in [0.25, 0.3) is 0 Å². The number of hydrogen-bond donors (Lipinski definition) is 2. The van der Waals surface area contributed by atoms with Gasteiger partial charge in [-0.2, -0.15) is 0 Å². The summed E-state index contributed by atoms with van der Waals surface area (Å²) in [5.74, 6) is -2.85. The molecule has 4 rings (SSSR count). The minimum absolute atomic E-state index is 0.0614. The van der Waals surface area contributed by atoms with E-state index in [0.29, 0.717) is 12.0 Å². The van der Waals surface area contributed by atoms with Gasteiger partial charge in [0.15, 0.2) is 6.61 Å². The number of nitrogens with one attached hydrogen (secondary N) is 2. The second-order valence-electron chi connectivity index (χ2n) is 7.04. The first kappa shape index (κ1) is 18.0. The number of carbonyl (C=O) groups excluding carboxylic acids is 4. The molecule has 1 heterocycles. The second-order valence-corrected chi connectivity index (χ2v) is 7.95. The molecule has 2 N–H and O–H groups in total. The van der Waals surface area contributed by atoms with Crippen LogP contribution in [0.5, 0.6) is 0 Å². The number of hydrazine groups is 1. The van der Waals surface area contributed by atoms with Crippen LogP contribution in [0, 0.1) is 23.7 Å². The van der Waals surface area contributed by atoms with Crippen molar-refractivity contribution in [2.45, 2.75) is 18.9 Å². The first-order valence-electron chi connectivity index (χ1n) is 8.66. The summed E-state index contributed by atoms with van der Waals surface area (Å²) in [5, 5.41) is 0. The van der Waals surface area contributed by atoms with Gasteiger partial charge in [0.25, 0.3) is 11.8 Å². The van der Waals surface area contributed by atoms with E-state index in [0.717, 1.165) is 10.9 Å². The standard InChI is InChI=1S/C18H17BrN2O6/c19-10-3-1-8(2-4-10)16(23)21-20-13(22)7-26-17(24)14-9-5-11-12(6-9)27-18(25)15(11)14/h1-4,9,11-12,14-15H,5-7H2,(H,20,22)(H,21,23)/t9-,11+,12-,14-,15-/m1/s1. The van der Waals surface area contributed by atoms with E-state index in [-0.39, 0.29) is 23.9 Å². The first-order chi connectivity index (χ1) is 12.9. The molecule has 1 aliphatic heterocycles. The lowest BCUT2D eigenvalue weighted by Gasteiger charge is -2.22. The van der Waals surface area contributed by atoms with Crippen molar-refractivity contribution in [3.8, 4) is 0 Å². The highest BCUT2D eigenvalue weighted by Gasteiger charge is 2.64. The third kappa shape index (κ3) is 3.31. The zero-order valence-corrected chi connectivity index (χ0v) is 15.7. The lowest BCUT2D eigenvalue weighted by atomic mass is 9.80. The van der Waals surface area contributed by atoms with Gasteiger partial charge in [-0.05, 0) is 43.0 Å². The van der Waals surface area contributed by atoms with Gasteiger partial charge in [-0.25, -0.2) is 0 Å². The average molecular weight is 437 g/mol. The fraction of sp³-hybridized carbons (Fsp3) is 0.444. The third-order valence-electron chi connectivity index (χ3n) is 5.52. The Labute approximate surface area is 163 Å². The van der Waals surface area contributed by atoms with E-state index in [1.165, 1.54) is 0 Å². The van der Waals surface area contributed by atoms with Crippen molar-refractivity contribution < 1.29 is 28.7 Å². The summed E-state index contributed by atoms with van der Waals surface area (Å²) in [5.41, 5.74) is 4.82. The van der Waals surface area contributed by atoms with Crippen LogP contribution in [0.3, 0.4) is 0 Å². The molecule has 2 aliphatic carbocycles. The van der Waals surface area contributed by atoms with Crippen molar-refractivity contribution in [3.63, 3.8) is 0 Å². The van der Waals surface area contributed by atoms with E-state index < -0.39 is 36.2 Å². The zero-order valence-electron chi connectivity index (χ0n) is 14.1. The molecule has 0 unspecified atom stereocenters. The molecule has 5 atom stereocenters. The fourth-order valence-electron chi connectivity index (χ4n) is 4.39. The van der Waals surface area contributed by atoms with Crippen molar-refractivity contribution in [1.29, 1.82) is 0 Å². The van der Waals surface area contributed by atoms with E-state index in [1.54, 1.807) is 24.3 Å². The smallest absolute Gasteiger partial charge is 0.310 e. The Morgan fingerprint density at radius 3 is 2.63 bits per heavy atom. The van der Waals surface area contributed by atoms with Gasteiger partial charge in [0, 0.05) is 16.0 Å². The predicted molar refractivity (Wildman–Crippen MR) is 93.8 cm³/mol. The largest absolute Gasteiger partial charge is 0.462 e. The quantitative estimate of drug-likeness (QED) is 0.536. The van der Waals surface area contributed by atoms with E-state index in [2.05, 4.69) is 26.8 Å². The molecule has 1 aromatic rings. The van der Waals surface area contributed by atoms with Crippen LogP contribution in [0.15, 0.2) is 28.7 Å². The normalized spacial score (nSPS) is 30.0. The number of ether oxygens (including phenoxy) is 2. The van der Waals surface area contributed by atoms with Crippen molar-refractivity contribution in [2.24, 2.45) is 23.7 Å². The van der Waals surface area contributed by atoms with Crippen molar-refractivity contribution in [3.05, 3.63) is 34.3 Å². The monoisotopic (exact) mass is 436 g/mol. The van der Waals surface area contributed by atoms with Gasteiger partial charge in [0.1, 0.15) is 6.10 Å². The number of fused-ring (bicyclic) bond motifs is 1. The Balaban J connectivity index is 1.25. The Kier molecular flexibility index (Phi) is 4.63. The summed E-state index contributed by atoms with van der Waals surface area (Å²) in [4.78, 5) is 48.0. The number of amides is 2. The lowest BCUT2D eigenvalue weighted by Crippen LogP contribution is -2.44. The summed E-state index contributed by atoms with van der Waals surface area (Å²) < 4.78 is 11.2. The van der Waals surface area contributed by atoms with Gasteiger partial charge in [-0.3, -0.25) is 30.0 Å². The summed E-state index contributed by atoms with van der Waals surface area (Å²) in [6, 6.07) is 6.59. The van der Waals surface area contributed by atoms with Gasteiger partial charge in [-0.15, -0.1) is 0 Å². The molecule has 2 amide bonds. The van der Waals surface area contributed by atoms with E-state index >= 15 is 0 Å². The first-order valence-corrected chi connectivity index (χ1v) is 9.45. The summed E-state index contributed by atoms with van der Waals surface area (Å²) in [7, 11) is 0. The highest BCUT2D eigenvalue weighted by Crippen LogP contribution is 2.57. The maximum atomic E-state index is 12.4. The highest BCUT2D eigenvalue weighted by molar-refractivity contribution is 9.10. The highest BCUT2D eigenvalue weighted by atomic mass is 79.9. The van der Waals surface area contributed by atoms with Crippen molar-refractivity contribution in [1.82, 2.24) is 10.9 Å². The Bertz CT molecular complexity index is 809. The molecule has 1 aromatic carbocycles. The van der Waals surface area contributed by atoms with Crippen LogP contribution in [0.4, 0.5) is 0 Å². The summed E-state index contributed by atoms with van der Waals surface area (Å²) in [6.07, 6.45) is 1.41. The van der Waals surface area contributed by atoms with Crippen molar-refractivity contribution in [2.75, 3.05) is 6.61 Å². The molecule has 8 nitrogen and oxygen atoms in total. The molecule has 9 heteroatoms. The molecule has 3 fully saturated rings. The zero-order chi connectivity index (χ0) is 19.1. The number of hydrogen-bond acceptors (Lipinski definition) is 6. The van der Waals surface area contributed by atoms with Gasteiger partial charge in [-0.1, -0.05) is 15.9 Å². The van der Waals surface area contributed by atoms with E-state index in [4.69, 9.17) is 9.47 Å². The number of benzene rings is 1. The number of halogens is 1. The Hall–Kier alpha value is -2.42. The van der Waals surface area contributed by atoms with Gasteiger partial charge in [0.2, 0.25) is 0 Å².